The summed E-state index contributed by atoms with van der Waals surface area (Å²) in [5, 5.41) is 5.37. The van der Waals surface area contributed by atoms with Crippen LogP contribution in [0.25, 0.3) is 21.9 Å². The normalized spacial score (nSPS) is 11.4. The van der Waals surface area contributed by atoms with Gasteiger partial charge >= 0.3 is 0 Å². The Labute approximate surface area is 156 Å². The lowest BCUT2D eigenvalue weighted by molar-refractivity contribution is 0.414. The van der Waals surface area contributed by atoms with Crippen molar-refractivity contribution < 1.29 is 9.47 Å². The quantitative estimate of drug-likeness (QED) is 0.434. The van der Waals surface area contributed by atoms with Crippen LogP contribution < -0.4 is 14.9 Å². The molecule has 2 aromatic carbocycles. The van der Waals surface area contributed by atoms with Gasteiger partial charge in [0.1, 0.15) is 28.9 Å². The third-order valence-electron chi connectivity index (χ3n) is 4.49. The first kappa shape index (κ1) is 16.8. The SMILES string of the molecule is COc1ccc2c3ncnc(NN=Cc4ccccc4OC)c3n(C)c2c1. The summed E-state index contributed by atoms with van der Waals surface area (Å²) in [6.45, 7) is 0. The molecule has 0 fully saturated rings. The Morgan fingerprint density at radius 2 is 1.93 bits per heavy atom. The second-order valence-electron chi connectivity index (χ2n) is 5.97. The molecular formula is C20H19N5O2. The van der Waals surface area contributed by atoms with E-state index in [1.165, 1.54) is 6.33 Å². The molecule has 0 saturated heterocycles. The molecule has 2 aromatic heterocycles. The Morgan fingerprint density at radius 1 is 1.07 bits per heavy atom. The van der Waals surface area contributed by atoms with Gasteiger partial charge in [0.2, 0.25) is 0 Å². The smallest absolute Gasteiger partial charge is 0.174 e. The number of nitrogens with zero attached hydrogens (tertiary/aromatic N) is 4. The van der Waals surface area contributed by atoms with Gasteiger partial charge in [0.25, 0.3) is 0 Å². The van der Waals surface area contributed by atoms with Crippen LogP contribution in [0, 0.1) is 0 Å². The molecule has 0 aliphatic rings. The largest absolute Gasteiger partial charge is 0.497 e. The van der Waals surface area contributed by atoms with Crippen molar-refractivity contribution in [2.24, 2.45) is 12.1 Å². The van der Waals surface area contributed by atoms with E-state index in [9.17, 15) is 0 Å². The minimum absolute atomic E-state index is 0.629. The molecule has 0 spiro atoms. The zero-order chi connectivity index (χ0) is 18.8. The van der Waals surface area contributed by atoms with E-state index in [-0.39, 0.29) is 0 Å². The molecule has 0 bridgehead atoms. The third kappa shape index (κ3) is 2.93. The highest BCUT2D eigenvalue weighted by molar-refractivity contribution is 6.09. The van der Waals surface area contributed by atoms with Crippen LogP contribution in [0.15, 0.2) is 53.9 Å². The van der Waals surface area contributed by atoms with E-state index in [0.29, 0.717) is 5.82 Å². The maximum atomic E-state index is 5.34. The average molecular weight is 361 g/mol. The summed E-state index contributed by atoms with van der Waals surface area (Å²) >= 11 is 0. The van der Waals surface area contributed by atoms with Crippen molar-refractivity contribution >= 4 is 34.0 Å². The van der Waals surface area contributed by atoms with Gasteiger partial charge in [-0.3, -0.25) is 5.43 Å². The van der Waals surface area contributed by atoms with E-state index in [4.69, 9.17) is 9.47 Å². The van der Waals surface area contributed by atoms with Crippen LogP contribution in [0.3, 0.4) is 0 Å². The number of rotatable bonds is 5. The van der Waals surface area contributed by atoms with Crippen molar-refractivity contribution in [3.8, 4) is 11.5 Å². The maximum absolute atomic E-state index is 5.34. The predicted molar refractivity (Wildman–Crippen MR) is 107 cm³/mol. The molecule has 0 radical (unpaired) electrons. The van der Waals surface area contributed by atoms with E-state index < -0.39 is 0 Å². The van der Waals surface area contributed by atoms with Gasteiger partial charge in [0, 0.05) is 24.1 Å². The molecule has 27 heavy (non-hydrogen) atoms. The fraction of sp³-hybridized carbons (Fsp3) is 0.150. The lowest BCUT2D eigenvalue weighted by Gasteiger charge is -2.05. The number of para-hydroxylation sites is 1. The van der Waals surface area contributed by atoms with Crippen LogP contribution >= 0.6 is 0 Å². The lowest BCUT2D eigenvalue weighted by Crippen LogP contribution is -1.99. The number of methoxy groups -OCH3 is 2. The number of hydrazone groups is 1. The molecule has 0 unspecified atom stereocenters. The molecule has 0 atom stereocenters. The van der Waals surface area contributed by atoms with Gasteiger partial charge in [0.05, 0.1) is 26.0 Å². The Morgan fingerprint density at radius 3 is 2.74 bits per heavy atom. The first-order valence-electron chi connectivity index (χ1n) is 8.42. The molecular weight excluding hydrogens is 342 g/mol. The van der Waals surface area contributed by atoms with E-state index >= 15 is 0 Å². The summed E-state index contributed by atoms with van der Waals surface area (Å²) in [6, 6.07) is 13.6. The zero-order valence-corrected chi connectivity index (χ0v) is 15.3. The minimum Gasteiger partial charge on any atom is -0.497 e. The molecule has 0 amide bonds. The minimum atomic E-state index is 0.629. The molecule has 0 aliphatic carbocycles. The monoisotopic (exact) mass is 361 g/mol. The van der Waals surface area contributed by atoms with Crippen molar-refractivity contribution in [2.75, 3.05) is 19.6 Å². The van der Waals surface area contributed by atoms with Gasteiger partial charge in [-0.2, -0.15) is 5.10 Å². The summed E-state index contributed by atoms with van der Waals surface area (Å²) < 4.78 is 12.7. The van der Waals surface area contributed by atoms with Crippen LogP contribution in [0.5, 0.6) is 11.5 Å². The van der Waals surface area contributed by atoms with Gasteiger partial charge in [-0.05, 0) is 24.3 Å². The summed E-state index contributed by atoms with van der Waals surface area (Å²) in [7, 11) is 5.27. The van der Waals surface area contributed by atoms with Gasteiger partial charge in [-0.15, -0.1) is 0 Å². The second kappa shape index (κ2) is 6.95. The van der Waals surface area contributed by atoms with Crippen LogP contribution in [-0.4, -0.2) is 35.0 Å². The molecule has 1 N–H and O–H groups in total. The molecule has 2 heterocycles. The number of anilines is 1. The number of ether oxygens (including phenoxy) is 2. The topological polar surface area (TPSA) is 73.6 Å². The predicted octanol–water partition coefficient (Wildman–Crippen LogP) is 3.58. The lowest BCUT2D eigenvalue weighted by atomic mass is 10.2. The number of aromatic nitrogens is 3. The average Bonchev–Trinajstić information content (AvgIpc) is 3.01. The van der Waals surface area contributed by atoms with E-state index in [1.54, 1.807) is 20.4 Å². The van der Waals surface area contributed by atoms with Crippen LogP contribution in [0.4, 0.5) is 5.82 Å². The fourth-order valence-corrected chi connectivity index (χ4v) is 3.15. The highest BCUT2D eigenvalue weighted by Crippen LogP contribution is 2.32. The summed E-state index contributed by atoms with van der Waals surface area (Å²) in [5.41, 5.74) is 6.65. The molecule has 136 valence electrons. The van der Waals surface area contributed by atoms with Gasteiger partial charge < -0.3 is 14.0 Å². The van der Waals surface area contributed by atoms with Crippen molar-refractivity contribution in [3.05, 3.63) is 54.4 Å². The van der Waals surface area contributed by atoms with E-state index in [0.717, 1.165) is 39.0 Å². The molecule has 7 nitrogen and oxygen atoms in total. The van der Waals surface area contributed by atoms with Crippen molar-refractivity contribution in [1.29, 1.82) is 0 Å². The number of nitrogens with one attached hydrogen (secondary N) is 1. The molecule has 0 saturated carbocycles. The first-order valence-corrected chi connectivity index (χ1v) is 8.42. The molecule has 4 rings (SSSR count). The van der Waals surface area contributed by atoms with Gasteiger partial charge in [-0.1, -0.05) is 12.1 Å². The second-order valence-corrected chi connectivity index (χ2v) is 5.97. The van der Waals surface area contributed by atoms with Crippen LogP contribution in [0.1, 0.15) is 5.56 Å². The number of benzene rings is 2. The standard InChI is InChI=1S/C20H19N5O2/c1-25-16-10-14(26-2)8-9-15(16)18-19(25)20(22-12-21-18)24-23-11-13-6-4-5-7-17(13)27-3/h4-12H,1-3H3,(H,21,22,24). The Hall–Kier alpha value is -3.61. The summed E-state index contributed by atoms with van der Waals surface area (Å²) in [5.74, 6) is 2.18. The van der Waals surface area contributed by atoms with Crippen molar-refractivity contribution in [1.82, 2.24) is 14.5 Å². The summed E-state index contributed by atoms with van der Waals surface area (Å²) in [6.07, 6.45) is 3.24. The van der Waals surface area contributed by atoms with Gasteiger partial charge in [0.15, 0.2) is 5.82 Å². The van der Waals surface area contributed by atoms with Crippen molar-refractivity contribution in [3.63, 3.8) is 0 Å². The zero-order valence-electron chi connectivity index (χ0n) is 15.3. The van der Waals surface area contributed by atoms with Crippen LogP contribution in [0.2, 0.25) is 0 Å². The fourth-order valence-electron chi connectivity index (χ4n) is 3.15. The van der Waals surface area contributed by atoms with Crippen LogP contribution in [-0.2, 0) is 7.05 Å². The number of fused-ring (bicyclic) bond motifs is 3. The Kier molecular flexibility index (Phi) is 4.33. The maximum Gasteiger partial charge on any atom is 0.174 e. The number of hydrogen-bond acceptors (Lipinski definition) is 6. The van der Waals surface area contributed by atoms with Crippen molar-refractivity contribution in [2.45, 2.75) is 0 Å². The van der Waals surface area contributed by atoms with Gasteiger partial charge in [-0.25, -0.2) is 9.97 Å². The highest BCUT2D eigenvalue weighted by Gasteiger charge is 2.14. The first-order chi connectivity index (χ1) is 13.2. The third-order valence-corrected chi connectivity index (χ3v) is 4.49. The summed E-state index contributed by atoms with van der Waals surface area (Å²) in [4.78, 5) is 8.82. The molecule has 4 aromatic rings. The van der Waals surface area contributed by atoms with E-state index in [1.807, 2.05) is 54.1 Å². The molecule has 7 heteroatoms. The number of hydrogen-bond donors (Lipinski definition) is 1. The Balaban J connectivity index is 1.75. The number of aryl methyl sites for hydroxylation is 1. The highest BCUT2D eigenvalue weighted by atomic mass is 16.5. The van der Waals surface area contributed by atoms with E-state index in [2.05, 4.69) is 20.5 Å². The Bertz CT molecular complexity index is 1150. The molecule has 0 aliphatic heterocycles.